The molecule has 1 fully saturated rings. The standard InChI is InChI=1S/C17H20N2O5S2/c1-23-12-5-6-13(14(11-12)24-2)18-17(20)15-7-8-16(25-15)26(21,22)19-9-3-4-10-19/h5-8,11H,3-4,9-10H2,1-2H3,(H,18,20). The molecule has 1 N–H and O–H groups in total. The molecule has 1 aromatic carbocycles. The van der Waals surface area contributed by atoms with Crippen LogP contribution < -0.4 is 14.8 Å². The third-order valence-electron chi connectivity index (χ3n) is 4.12. The van der Waals surface area contributed by atoms with Gasteiger partial charge in [-0.1, -0.05) is 0 Å². The predicted molar refractivity (Wildman–Crippen MR) is 99.8 cm³/mol. The zero-order valence-electron chi connectivity index (χ0n) is 14.5. The van der Waals surface area contributed by atoms with E-state index in [0.717, 1.165) is 24.2 Å². The number of methoxy groups -OCH3 is 2. The van der Waals surface area contributed by atoms with Gasteiger partial charge in [0.1, 0.15) is 15.7 Å². The molecule has 3 rings (SSSR count). The lowest BCUT2D eigenvalue weighted by molar-refractivity contribution is 0.103. The zero-order chi connectivity index (χ0) is 18.7. The second-order valence-corrected chi connectivity index (χ2v) is 9.00. The van der Waals surface area contributed by atoms with Crippen LogP contribution in [0.15, 0.2) is 34.5 Å². The minimum Gasteiger partial charge on any atom is -0.497 e. The number of ether oxygens (including phenoxy) is 2. The minimum absolute atomic E-state index is 0.186. The minimum atomic E-state index is -3.52. The molecular weight excluding hydrogens is 376 g/mol. The average molecular weight is 396 g/mol. The van der Waals surface area contributed by atoms with Gasteiger partial charge in [0, 0.05) is 19.2 Å². The van der Waals surface area contributed by atoms with Crippen LogP contribution in [-0.2, 0) is 10.0 Å². The van der Waals surface area contributed by atoms with Crippen molar-refractivity contribution in [2.24, 2.45) is 0 Å². The summed E-state index contributed by atoms with van der Waals surface area (Å²) >= 11 is 0.968. The predicted octanol–water partition coefficient (Wildman–Crippen LogP) is 2.80. The summed E-state index contributed by atoms with van der Waals surface area (Å²) in [6.45, 7) is 1.07. The fourth-order valence-corrected chi connectivity index (χ4v) is 5.60. The van der Waals surface area contributed by atoms with E-state index in [1.165, 1.54) is 23.5 Å². The van der Waals surface area contributed by atoms with E-state index in [-0.39, 0.29) is 10.1 Å². The van der Waals surface area contributed by atoms with Crippen LogP contribution in [0.5, 0.6) is 11.5 Å². The molecule has 2 aromatic rings. The summed E-state index contributed by atoms with van der Waals surface area (Å²) in [6, 6.07) is 8.05. The Labute approximate surface area is 156 Å². The first-order valence-electron chi connectivity index (χ1n) is 8.09. The Morgan fingerprint density at radius 1 is 1.12 bits per heavy atom. The van der Waals surface area contributed by atoms with Gasteiger partial charge in [-0.15, -0.1) is 11.3 Å². The van der Waals surface area contributed by atoms with Gasteiger partial charge in [0.2, 0.25) is 0 Å². The van der Waals surface area contributed by atoms with Gasteiger partial charge in [-0.3, -0.25) is 4.79 Å². The highest BCUT2D eigenvalue weighted by Gasteiger charge is 2.29. The number of nitrogens with zero attached hydrogens (tertiary/aromatic N) is 1. The largest absolute Gasteiger partial charge is 0.497 e. The Balaban J connectivity index is 1.78. The number of hydrogen-bond donors (Lipinski definition) is 1. The Kier molecular flexibility index (Phi) is 5.49. The third kappa shape index (κ3) is 3.69. The molecule has 0 atom stereocenters. The fraction of sp³-hybridized carbons (Fsp3) is 0.353. The summed E-state index contributed by atoms with van der Waals surface area (Å²) < 4.78 is 37.2. The van der Waals surface area contributed by atoms with Crippen LogP contribution in [0.1, 0.15) is 22.5 Å². The number of anilines is 1. The first-order valence-corrected chi connectivity index (χ1v) is 10.3. The maximum Gasteiger partial charge on any atom is 0.265 e. The van der Waals surface area contributed by atoms with Crippen molar-refractivity contribution in [1.82, 2.24) is 4.31 Å². The Hall–Kier alpha value is -2.10. The van der Waals surface area contributed by atoms with Crippen molar-refractivity contribution in [3.05, 3.63) is 35.2 Å². The van der Waals surface area contributed by atoms with Crippen LogP contribution in [0.3, 0.4) is 0 Å². The molecule has 0 unspecified atom stereocenters. The average Bonchev–Trinajstić information content (AvgIpc) is 3.34. The highest BCUT2D eigenvalue weighted by atomic mass is 32.2. The highest BCUT2D eigenvalue weighted by molar-refractivity contribution is 7.91. The summed E-state index contributed by atoms with van der Waals surface area (Å²) in [6.07, 6.45) is 1.74. The second kappa shape index (κ2) is 7.65. The van der Waals surface area contributed by atoms with Crippen LogP contribution in [0.4, 0.5) is 5.69 Å². The normalized spacial score (nSPS) is 15.0. The molecule has 0 spiro atoms. The van der Waals surface area contributed by atoms with Crippen molar-refractivity contribution in [3.63, 3.8) is 0 Å². The van der Waals surface area contributed by atoms with Crippen molar-refractivity contribution in [1.29, 1.82) is 0 Å². The fourth-order valence-electron chi connectivity index (χ4n) is 2.72. The molecule has 7 nitrogen and oxygen atoms in total. The van der Waals surface area contributed by atoms with Crippen LogP contribution in [0.25, 0.3) is 0 Å². The van der Waals surface area contributed by atoms with Gasteiger partial charge in [-0.05, 0) is 37.1 Å². The molecule has 140 valence electrons. The maximum absolute atomic E-state index is 12.6. The number of rotatable bonds is 6. The van der Waals surface area contributed by atoms with E-state index in [0.29, 0.717) is 35.2 Å². The number of sulfonamides is 1. The number of thiophene rings is 1. The van der Waals surface area contributed by atoms with E-state index < -0.39 is 10.0 Å². The Bertz CT molecular complexity index is 902. The molecule has 0 bridgehead atoms. The molecule has 1 aliphatic heterocycles. The third-order valence-corrected chi connectivity index (χ3v) is 7.57. The second-order valence-electron chi connectivity index (χ2n) is 5.75. The lowest BCUT2D eigenvalue weighted by atomic mass is 10.2. The van der Waals surface area contributed by atoms with Crippen molar-refractivity contribution >= 4 is 33.0 Å². The quantitative estimate of drug-likeness (QED) is 0.812. The number of carbonyl (C=O) groups excluding carboxylic acids is 1. The molecule has 0 saturated carbocycles. The Morgan fingerprint density at radius 2 is 1.85 bits per heavy atom. The number of hydrogen-bond acceptors (Lipinski definition) is 6. The molecule has 1 saturated heterocycles. The van der Waals surface area contributed by atoms with Gasteiger partial charge in [0.25, 0.3) is 15.9 Å². The van der Waals surface area contributed by atoms with Crippen LogP contribution in [0.2, 0.25) is 0 Å². The van der Waals surface area contributed by atoms with Crippen molar-refractivity contribution in [3.8, 4) is 11.5 Å². The van der Waals surface area contributed by atoms with Crippen LogP contribution in [-0.4, -0.2) is 45.9 Å². The highest BCUT2D eigenvalue weighted by Crippen LogP contribution is 2.31. The molecule has 1 aromatic heterocycles. The molecule has 2 heterocycles. The van der Waals surface area contributed by atoms with E-state index in [2.05, 4.69) is 5.32 Å². The van der Waals surface area contributed by atoms with Crippen LogP contribution in [0, 0.1) is 0 Å². The maximum atomic E-state index is 12.6. The Morgan fingerprint density at radius 3 is 2.50 bits per heavy atom. The summed E-state index contributed by atoms with van der Waals surface area (Å²) in [5.74, 6) is 0.676. The summed E-state index contributed by atoms with van der Waals surface area (Å²) in [5, 5.41) is 2.75. The van der Waals surface area contributed by atoms with Crippen molar-refractivity contribution < 1.29 is 22.7 Å². The lowest BCUT2D eigenvalue weighted by Crippen LogP contribution is -2.27. The van der Waals surface area contributed by atoms with Crippen molar-refractivity contribution in [2.75, 3.05) is 32.6 Å². The van der Waals surface area contributed by atoms with Crippen LogP contribution >= 0.6 is 11.3 Å². The summed E-state index contributed by atoms with van der Waals surface area (Å²) in [5.41, 5.74) is 0.482. The summed E-state index contributed by atoms with van der Waals surface area (Å²) in [4.78, 5) is 12.8. The molecule has 1 amide bonds. The molecule has 0 aliphatic carbocycles. The topological polar surface area (TPSA) is 84.9 Å². The smallest absolute Gasteiger partial charge is 0.265 e. The lowest BCUT2D eigenvalue weighted by Gasteiger charge is -2.13. The number of benzene rings is 1. The van der Waals surface area contributed by atoms with E-state index in [1.54, 1.807) is 25.3 Å². The number of carbonyl (C=O) groups is 1. The molecule has 1 aliphatic rings. The molecular formula is C17H20N2O5S2. The molecule has 0 radical (unpaired) electrons. The van der Waals surface area contributed by atoms with E-state index in [4.69, 9.17) is 9.47 Å². The zero-order valence-corrected chi connectivity index (χ0v) is 16.2. The van der Waals surface area contributed by atoms with Gasteiger partial charge in [-0.25, -0.2) is 8.42 Å². The van der Waals surface area contributed by atoms with Crippen molar-refractivity contribution in [2.45, 2.75) is 17.1 Å². The molecule has 9 heteroatoms. The van der Waals surface area contributed by atoms with Gasteiger partial charge in [0.05, 0.1) is 24.8 Å². The molecule has 26 heavy (non-hydrogen) atoms. The SMILES string of the molecule is COc1ccc(NC(=O)c2ccc(S(=O)(=O)N3CCCC3)s2)c(OC)c1. The van der Waals surface area contributed by atoms with E-state index in [9.17, 15) is 13.2 Å². The van der Waals surface area contributed by atoms with Gasteiger partial charge in [0.15, 0.2) is 0 Å². The van der Waals surface area contributed by atoms with Gasteiger partial charge in [-0.2, -0.15) is 4.31 Å². The number of amides is 1. The van der Waals surface area contributed by atoms with E-state index >= 15 is 0 Å². The first kappa shape index (κ1) is 18.7. The van der Waals surface area contributed by atoms with E-state index in [1.807, 2.05) is 0 Å². The monoisotopic (exact) mass is 396 g/mol. The number of nitrogens with one attached hydrogen (secondary N) is 1. The first-order chi connectivity index (χ1) is 12.5. The van der Waals surface area contributed by atoms with Gasteiger partial charge < -0.3 is 14.8 Å². The van der Waals surface area contributed by atoms with Gasteiger partial charge >= 0.3 is 0 Å². The summed E-state index contributed by atoms with van der Waals surface area (Å²) in [7, 11) is -0.476.